The SMILES string of the molecule is CC[C@@H](N)c1cc2ccccc2s1. The Morgan fingerprint density at radius 3 is 2.85 bits per heavy atom. The van der Waals surface area contributed by atoms with E-state index in [-0.39, 0.29) is 6.04 Å². The second kappa shape index (κ2) is 3.48. The van der Waals surface area contributed by atoms with Crippen LogP contribution in [0.15, 0.2) is 30.3 Å². The van der Waals surface area contributed by atoms with Gasteiger partial charge in [0.25, 0.3) is 0 Å². The van der Waals surface area contributed by atoms with Crippen molar-refractivity contribution in [2.45, 2.75) is 19.4 Å². The van der Waals surface area contributed by atoms with Gasteiger partial charge in [0.1, 0.15) is 0 Å². The topological polar surface area (TPSA) is 26.0 Å². The van der Waals surface area contributed by atoms with Gasteiger partial charge in [-0.1, -0.05) is 25.1 Å². The Morgan fingerprint density at radius 2 is 2.15 bits per heavy atom. The fourth-order valence-corrected chi connectivity index (χ4v) is 2.54. The number of hydrogen-bond acceptors (Lipinski definition) is 2. The van der Waals surface area contributed by atoms with Crippen molar-refractivity contribution in [3.63, 3.8) is 0 Å². The average Bonchev–Trinajstić information content (AvgIpc) is 2.59. The van der Waals surface area contributed by atoms with E-state index < -0.39 is 0 Å². The van der Waals surface area contributed by atoms with Gasteiger partial charge < -0.3 is 5.73 Å². The van der Waals surface area contributed by atoms with E-state index in [0.29, 0.717) is 0 Å². The molecule has 13 heavy (non-hydrogen) atoms. The highest BCUT2D eigenvalue weighted by molar-refractivity contribution is 7.19. The molecule has 68 valence electrons. The summed E-state index contributed by atoms with van der Waals surface area (Å²) in [6.45, 7) is 2.12. The number of rotatable bonds is 2. The van der Waals surface area contributed by atoms with Crippen molar-refractivity contribution in [3.05, 3.63) is 35.2 Å². The van der Waals surface area contributed by atoms with Crippen LogP contribution in [0, 0.1) is 0 Å². The summed E-state index contributed by atoms with van der Waals surface area (Å²) >= 11 is 1.80. The van der Waals surface area contributed by atoms with Gasteiger partial charge in [-0.15, -0.1) is 11.3 Å². The predicted molar refractivity (Wildman–Crippen MR) is 59.0 cm³/mol. The minimum absolute atomic E-state index is 0.206. The van der Waals surface area contributed by atoms with E-state index in [1.165, 1.54) is 15.0 Å². The summed E-state index contributed by atoms with van der Waals surface area (Å²) < 4.78 is 1.33. The first-order valence-corrected chi connectivity index (χ1v) is 5.37. The third kappa shape index (κ3) is 1.60. The molecule has 0 aliphatic rings. The summed E-state index contributed by atoms with van der Waals surface area (Å²) in [4.78, 5) is 1.30. The monoisotopic (exact) mass is 191 g/mol. The molecule has 2 heteroatoms. The van der Waals surface area contributed by atoms with Crippen LogP contribution in [0.2, 0.25) is 0 Å². The molecule has 0 fully saturated rings. The summed E-state index contributed by atoms with van der Waals surface area (Å²) in [5.41, 5.74) is 5.97. The minimum Gasteiger partial charge on any atom is -0.323 e. The maximum Gasteiger partial charge on any atom is 0.0387 e. The van der Waals surface area contributed by atoms with E-state index in [4.69, 9.17) is 5.73 Å². The van der Waals surface area contributed by atoms with E-state index in [1.54, 1.807) is 11.3 Å². The van der Waals surface area contributed by atoms with Gasteiger partial charge >= 0.3 is 0 Å². The van der Waals surface area contributed by atoms with Crippen molar-refractivity contribution in [1.29, 1.82) is 0 Å². The molecule has 0 aliphatic heterocycles. The molecular weight excluding hydrogens is 178 g/mol. The zero-order chi connectivity index (χ0) is 9.26. The molecule has 0 saturated carbocycles. The van der Waals surface area contributed by atoms with Crippen molar-refractivity contribution >= 4 is 21.4 Å². The lowest BCUT2D eigenvalue weighted by atomic mass is 10.2. The molecule has 1 aromatic heterocycles. The molecular formula is C11H13NS. The summed E-state index contributed by atoms with van der Waals surface area (Å²) in [6, 6.07) is 10.8. The number of nitrogens with two attached hydrogens (primary N) is 1. The minimum atomic E-state index is 0.206. The van der Waals surface area contributed by atoms with Gasteiger partial charge in [0, 0.05) is 15.6 Å². The van der Waals surface area contributed by atoms with Gasteiger partial charge in [0.15, 0.2) is 0 Å². The van der Waals surface area contributed by atoms with Crippen LogP contribution in [0.1, 0.15) is 24.3 Å². The quantitative estimate of drug-likeness (QED) is 0.774. The van der Waals surface area contributed by atoms with Crippen LogP contribution in [0.25, 0.3) is 10.1 Å². The Bertz CT molecular complexity index is 372. The summed E-state index contributed by atoms with van der Waals surface area (Å²) in [5, 5.41) is 1.31. The van der Waals surface area contributed by atoms with Gasteiger partial charge in [0.2, 0.25) is 0 Å². The lowest BCUT2D eigenvalue weighted by molar-refractivity contribution is 0.712. The Labute approximate surface area is 82.2 Å². The highest BCUT2D eigenvalue weighted by Gasteiger charge is 2.06. The summed E-state index contributed by atoms with van der Waals surface area (Å²) in [6.07, 6.45) is 1.01. The molecule has 0 radical (unpaired) electrons. The molecule has 0 amide bonds. The van der Waals surface area contributed by atoms with Gasteiger partial charge in [-0.25, -0.2) is 0 Å². The predicted octanol–water partition coefficient (Wildman–Crippen LogP) is 3.31. The highest BCUT2D eigenvalue weighted by Crippen LogP contribution is 2.29. The Morgan fingerprint density at radius 1 is 1.38 bits per heavy atom. The second-order valence-electron chi connectivity index (χ2n) is 3.20. The average molecular weight is 191 g/mol. The molecule has 1 nitrogen and oxygen atoms in total. The van der Waals surface area contributed by atoms with Crippen LogP contribution >= 0.6 is 11.3 Å². The van der Waals surface area contributed by atoms with E-state index in [9.17, 15) is 0 Å². The van der Waals surface area contributed by atoms with Crippen molar-refractivity contribution in [1.82, 2.24) is 0 Å². The molecule has 0 unspecified atom stereocenters. The van der Waals surface area contributed by atoms with Gasteiger partial charge in [-0.3, -0.25) is 0 Å². The normalized spacial score (nSPS) is 13.4. The number of thiophene rings is 1. The lowest BCUT2D eigenvalue weighted by Crippen LogP contribution is -2.05. The van der Waals surface area contributed by atoms with Crippen LogP contribution in [-0.4, -0.2) is 0 Å². The maximum atomic E-state index is 5.97. The van der Waals surface area contributed by atoms with Gasteiger partial charge in [-0.05, 0) is 23.9 Å². The zero-order valence-electron chi connectivity index (χ0n) is 7.66. The maximum absolute atomic E-state index is 5.97. The molecule has 2 rings (SSSR count). The van der Waals surface area contributed by atoms with Crippen LogP contribution in [-0.2, 0) is 0 Å². The summed E-state index contributed by atoms with van der Waals surface area (Å²) in [7, 11) is 0. The standard InChI is InChI=1S/C11H13NS/c1-2-9(12)11-7-8-5-3-4-6-10(8)13-11/h3-7,9H,2,12H2,1H3/t9-/m1/s1. The molecule has 1 aromatic carbocycles. The molecule has 0 saturated heterocycles. The molecule has 0 aliphatic carbocycles. The number of fused-ring (bicyclic) bond motifs is 1. The van der Waals surface area contributed by atoms with Crippen molar-refractivity contribution in [2.75, 3.05) is 0 Å². The fourth-order valence-electron chi connectivity index (χ4n) is 1.39. The van der Waals surface area contributed by atoms with Crippen LogP contribution in [0.3, 0.4) is 0 Å². The van der Waals surface area contributed by atoms with Crippen molar-refractivity contribution < 1.29 is 0 Å². The third-order valence-corrected chi connectivity index (χ3v) is 3.50. The number of hydrogen-bond donors (Lipinski definition) is 1. The van der Waals surface area contributed by atoms with E-state index in [1.807, 2.05) is 0 Å². The molecule has 1 heterocycles. The van der Waals surface area contributed by atoms with Crippen LogP contribution < -0.4 is 5.73 Å². The molecule has 2 N–H and O–H groups in total. The van der Waals surface area contributed by atoms with Gasteiger partial charge in [-0.2, -0.15) is 0 Å². The van der Waals surface area contributed by atoms with E-state index in [0.717, 1.165) is 6.42 Å². The fraction of sp³-hybridized carbons (Fsp3) is 0.273. The summed E-state index contributed by atoms with van der Waals surface area (Å²) in [5.74, 6) is 0. The number of benzene rings is 1. The van der Waals surface area contributed by atoms with Crippen LogP contribution in [0.5, 0.6) is 0 Å². The first-order valence-electron chi connectivity index (χ1n) is 4.55. The molecule has 0 bridgehead atoms. The lowest BCUT2D eigenvalue weighted by Gasteiger charge is -2.02. The zero-order valence-corrected chi connectivity index (χ0v) is 8.47. The van der Waals surface area contributed by atoms with E-state index >= 15 is 0 Å². The molecule has 1 atom stereocenters. The second-order valence-corrected chi connectivity index (χ2v) is 4.32. The largest absolute Gasteiger partial charge is 0.323 e. The Kier molecular flexibility index (Phi) is 2.34. The molecule has 2 aromatic rings. The van der Waals surface area contributed by atoms with E-state index in [2.05, 4.69) is 37.3 Å². The smallest absolute Gasteiger partial charge is 0.0387 e. The Balaban J connectivity index is 2.49. The van der Waals surface area contributed by atoms with Crippen LogP contribution in [0.4, 0.5) is 0 Å². The van der Waals surface area contributed by atoms with Crippen molar-refractivity contribution in [3.8, 4) is 0 Å². The van der Waals surface area contributed by atoms with Crippen molar-refractivity contribution in [2.24, 2.45) is 5.73 Å². The Hall–Kier alpha value is -0.860. The molecule has 0 spiro atoms. The van der Waals surface area contributed by atoms with Gasteiger partial charge in [0.05, 0.1) is 0 Å². The third-order valence-electron chi connectivity index (χ3n) is 2.25. The first kappa shape index (κ1) is 8.73. The first-order chi connectivity index (χ1) is 6.31. The highest BCUT2D eigenvalue weighted by atomic mass is 32.1.